The molecule has 4 rings (SSSR count). The van der Waals surface area contributed by atoms with Gasteiger partial charge in [0.1, 0.15) is 5.58 Å². The van der Waals surface area contributed by atoms with Crippen LogP contribution in [-0.2, 0) is 0 Å². The molecule has 0 unspecified atom stereocenters. The summed E-state index contributed by atoms with van der Waals surface area (Å²) in [5.41, 5.74) is 3.89. The Morgan fingerprint density at radius 1 is 0.875 bits per heavy atom. The highest BCUT2D eigenvalue weighted by atomic mass is 16.4. The molecular weight excluding hydrogens is 300 g/mol. The minimum atomic E-state index is -0.287. The first-order valence-corrected chi connectivity index (χ1v) is 8.30. The van der Waals surface area contributed by atoms with Crippen molar-refractivity contribution in [3.8, 4) is 0 Å². The Bertz CT molecular complexity index is 924. The smallest absolute Gasteiger partial charge is 0.338 e. The molecule has 2 heterocycles. The molecule has 3 aromatic rings. The van der Waals surface area contributed by atoms with Gasteiger partial charge in [0, 0.05) is 43.3 Å². The van der Waals surface area contributed by atoms with Crippen LogP contribution in [0.3, 0.4) is 0 Å². The first kappa shape index (κ1) is 14.8. The molecule has 1 aliphatic rings. The number of fused-ring (bicyclic) bond motifs is 1. The van der Waals surface area contributed by atoms with Crippen molar-refractivity contribution in [2.45, 2.75) is 6.92 Å². The third-order valence-corrected chi connectivity index (χ3v) is 4.62. The maximum Gasteiger partial charge on any atom is 0.338 e. The summed E-state index contributed by atoms with van der Waals surface area (Å²) in [5, 5.41) is 1.00. The molecule has 1 aromatic heterocycles. The van der Waals surface area contributed by atoms with Crippen LogP contribution in [0.2, 0.25) is 0 Å². The fraction of sp³-hybridized carbons (Fsp3) is 0.250. The number of aryl methyl sites for hydroxylation is 1. The van der Waals surface area contributed by atoms with Crippen molar-refractivity contribution in [3.63, 3.8) is 0 Å². The second-order valence-corrected chi connectivity index (χ2v) is 6.26. The summed E-state index contributed by atoms with van der Waals surface area (Å²) in [6.45, 7) is 5.79. The molecule has 0 bridgehead atoms. The third-order valence-electron chi connectivity index (χ3n) is 4.62. The van der Waals surface area contributed by atoms with Crippen molar-refractivity contribution in [2.24, 2.45) is 0 Å². The molecular formula is C20H20N2O2. The van der Waals surface area contributed by atoms with Crippen LogP contribution in [0.4, 0.5) is 11.4 Å². The van der Waals surface area contributed by atoms with Crippen LogP contribution in [0, 0.1) is 6.92 Å². The number of para-hydroxylation sites is 1. The molecule has 0 atom stereocenters. The summed E-state index contributed by atoms with van der Waals surface area (Å²) in [5.74, 6) is 0. The van der Waals surface area contributed by atoms with E-state index in [-0.39, 0.29) is 5.63 Å². The Labute approximate surface area is 140 Å². The van der Waals surface area contributed by atoms with E-state index < -0.39 is 0 Å². The Balaban J connectivity index is 1.59. The second kappa shape index (κ2) is 6.04. The normalized spacial score (nSPS) is 15.0. The molecule has 4 nitrogen and oxygen atoms in total. The van der Waals surface area contributed by atoms with Gasteiger partial charge in [0.05, 0.1) is 5.69 Å². The average molecular weight is 320 g/mol. The number of piperazine rings is 1. The van der Waals surface area contributed by atoms with E-state index in [1.807, 2.05) is 24.3 Å². The minimum Gasteiger partial charge on any atom is -0.423 e. The van der Waals surface area contributed by atoms with E-state index in [1.54, 1.807) is 6.07 Å². The zero-order valence-corrected chi connectivity index (χ0v) is 13.7. The fourth-order valence-corrected chi connectivity index (χ4v) is 3.39. The van der Waals surface area contributed by atoms with Gasteiger partial charge in [0.25, 0.3) is 0 Å². The predicted octanol–water partition coefficient (Wildman–Crippen LogP) is 3.43. The molecule has 0 N–H and O–H groups in total. The minimum absolute atomic E-state index is 0.287. The number of rotatable bonds is 2. The topological polar surface area (TPSA) is 36.7 Å². The zero-order chi connectivity index (χ0) is 16.5. The maximum absolute atomic E-state index is 11.9. The van der Waals surface area contributed by atoms with E-state index in [0.717, 1.165) is 37.3 Å². The maximum atomic E-state index is 11.9. The monoisotopic (exact) mass is 320 g/mol. The van der Waals surface area contributed by atoms with Crippen molar-refractivity contribution in [1.82, 2.24) is 0 Å². The number of nitrogens with zero attached hydrogens (tertiary/aromatic N) is 2. The first-order chi connectivity index (χ1) is 11.7. The first-order valence-electron chi connectivity index (χ1n) is 8.30. The molecule has 1 aliphatic heterocycles. The molecule has 1 fully saturated rings. The molecule has 0 spiro atoms. The van der Waals surface area contributed by atoms with Crippen LogP contribution >= 0.6 is 0 Å². The van der Waals surface area contributed by atoms with Crippen molar-refractivity contribution < 1.29 is 4.42 Å². The van der Waals surface area contributed by atoms with Crippen LogP contribution in [0.1, 0.15) is 5.56 Å². The Morgan fingerprint density at radius 3 is 2.42 bits per heavy atom. The fourth-order valence-electron chi connectivity index (χ4n) is 3.39. The molecule has 0 aliphatic carbocycles. The molecule has 1 saturated heterocycles. The van der Waals surface area contributed by atoms with E-state index in [2.05, 4.69) is 41.0 Å². The highest BCUT2D eigenvalue weighted by Crippen LogP contribution is 2.27. The van der Waals surface area contributed by atoms with Gasteiger partial charge in [-0.2, -0.15) is 0 Å². The average Bonchev–Trinajstić information content (AvgIpc) is 2.61. The standard InChI is InChI=1S/C20H20N2O2/c1-15-5-4-6-16(13-15)21-9-11-22(12-10-21)18-14-20(23)24-19-8-3-2-7-17(18)19/h2-8,13-14H,9-12H2,1H3. The van der Waals surface area contributed by atoms with Crippen molar-refractivity contribution in [2.75, 3.05) is 36.0 Å². The summed E-state index contributed by atoms with van der Waals surface area (Å²) in [6.07, 6.45) is 0. The van der Waals surface area contributed by atoms with Crippen LogP contribution in [-0.4, -0.2) is 26.2 Å². The quantitative estimate of drug-likeness (QED) is 0.678. The number of hydrogen-bond donors (Lipinski definition) is 0. The van der Waals surface area contributed by atoms with Gasteiger partial charge in [-0.3, -0.25) is 0 Å². The SMILES string of the molecule is Cc1cccc(N2CCN(c3cc(=O)oc4ccccc34)CC2)c1. The molecule has 0 saturated carbocycles. The van der Waals surface area contributed by atoms with Gasteiger partial charge >= 0.3 is 5.63 Å². The second-order valence-electron chi connectivity index (χ2n) is 6.26. The Kier molecular flexibility index (Phi) is 3.73. The largest absolute Gasteiger partial charge is 0.423 e. The van der Waals surface area contributed by atoms with Crippen molar-refractivity contribution in [3.05, 3.63) is 70.6 Å². The summed E-state index contributed by atoms with van der Waals surface area (Å²) in [6, 6.07) is 18.0. The van der Waals surface area contributed by atoms with Gasteiger partial charge in [-0.25, -0.2) is 4.79 Å². The summed E-state index contributed by atoms with van der Waals surface area (Å²) < 4.78 is 5.30. The molecule has 4 heteroatoms. The third kappa shape index (κ3) is 2.75. The lowest BCUT2D eigenvalue weighted by Gasteiger charge is -2.37. The van der Waals surface area contributed by atoms with E-state index in [1.165, 1.54) is 11.3 Å². The molecule has 2 aromatic carbocycles. The zero-order valence-electron chi connectivity index (χ0n) is 13.7. The Morgan fingerprint density at radius 2 is 1.62 bits per heavy atom. The highest BCUT2D eigenvalue weighted by molar-refractivity contribution is 5.90. The van der Waals surface area contributed by atoms with E-state index in [4.69, 9.17) is 4.42 Å². The predicted molar refractivity (Wildman–Crippen MR) is 98.1 cm³/mol. The molecule has 122 valence electrons. The number of hydrogen-bond acceptors (Lipinski definition) is 4. The molecule has 24 heavy (non-hydrogen) atoms. The van der Waals surface area contributed by atoms with Gasteiger partial charge < -0.3 is 14.2 Å². The van der Waals surface area contributed by atoms with Crippen LogP contribution in [0.5, 0.6) is 0 Å². The van der Waals surface area contributed by atoms with E-state index in [0.29, 0.717) is 5.58 Å². The van der Waals surface area contributed by atoms with Crippen LogP contribution in [0.15, 0.2) is 63.8 Å². The van der Waals surface area contributed by atoms with Gasteiger partial charge in [0.2, 0.25) is 0 Å². The summed E-state index contributed by atoms with van der Waals surface area (Å²) in [4.78, 5) is 16.5. The lowest BCUT2D eigenvalue weighted by molar-refractivity contribution is 0.559. The number of benzene rings is 2. The molecule has 0 amide bonds. The lowest BCUT2D eigenvalue weighted by atomic mass is 10.1. The van der Waals surface area contributed by atoms with Crippen molar-refractivity contribution >= 4 is 22.3 Å². The van der Waals surface area contributed by atoms with Gasteiger partial charge in [-0.15, -0.1) is 0 Å². The summed E-state index contributed by atoms with van der Waals surface area (Å²) >= 11 is 0. The van der Waals surface area contributed by atoms with Crippen LogP contribution < -0.4 is 15.4 Å². The summed E-state index contributed by atoms with van der Waals surface area (Å²) in [7, 11) is 0. The van der Waals surface area contributed by atoms with Crippen LogP contribution in [0.25, 0.3) is 11.0 Å². The molecule has 0 radical (unpaired) electrons. The van der Waals surface area contributed by atoms with Gasteiger partial charge in [-0.05, 0) is 36.8 Å². The van der Waals surface area contributed by atoms with Crippen molar-refractivity contribution in [1.29, 1.82) is 0 Å². The van der Waals surface area contributed by atoms with E-state index in [9.17, 15) is 4.79 Å². The van der Waals surface area contributed by atoms with Gasteiger partial charge in [-0.1, -0.05) is 24.3 Å². The van der Waals surface area contributed by atoms with E-state index >= 15 is 0 Å². The van der Waals surface area contributed by atoms with Gasteiger partial charge in [0.15, 0.2) is 0 Å². The Hall–Kier alpha value is -2.75. The highest BCUT2D eigenvalue weighted by Gasteiger charge is 2.20. The number of anilines is 2. The lowest BCUT2D eigenvalue weighted by Crippen LogP contribution is -2.46.